The molecule has 1 saturated heterocycles. The van der Waals surface area contributed by atoms with Gasteiger partial charge in [0.05, 0.1) is 15.2 Å². The van der Waals surface area contributed by atoms with E-state index in [-0.39, 0.29) is 5.91 Å². The van der Waals surface area contributed by atoms with Gasteiger partial charge in [0.1, 0.15) is 5.75 Å². The number of amides is 1. The van der Waals surface area contributed by atoms with E-state index in [0.29, 0.717) is 18.8 Å². The SMILES string of the molecule is Cc1ccc(OC(C)C(=O)N2CCN(c3ccccc3Cl)CC2)c(Br)c1. The Hall–Kier alpha value is -1.72. The maximum Gasteiger partial charge on any atom is 0.263 e. The number of piperazine rings is 1. The lowest BCUT2D eigenvalue weighted by Gasteiger charge is -2.37. The van der Waals surface area contributed by atoms with E-state index in [9.17, 15) is 4.79 Å². The number of halogens is 2. The highest BCUT2D eigenvalue weighted by Crippen LogP contribution is 2.28. The number of hydrogen-bond acceptors (Lipinski definition) is 3. The maximum atomic E-state index is 12.7. The van der Waals surface area contributed by atoms with E-state index in [2.05, 4.69) is 20.8 Å². The molecule has 0 aliphatic carbocycles. The molecule has 4 nitrogen and oxygen atoms in total. The van der Waals surface area contributed by atoms with Crippen LogP contribution in [0, 0.1) is 6.92 Å². The molecule has 0 saturated carbocycles. The number of ether oxygens (including phenoxy) is 1. The summed E-state index contributed by atoms with van der Waals surface area (Å²) >= 11 is 9.77. The molecule has 1 amide bonds. The molecule has 1 fully saturated rings. The summed E-state index contributed by atoms with van der Waals surface area (Å²) < 4.78 is 6.73. The van der Waals surface area contributed by atoms with E-state index in [1.54, 1.807) is 6.92 Å². The van der Waals surface area contributed by atoms with Gasteiger partial charge in [-0.2, -0.15) is 0 Å². The number of rotatable bonds is 4. The Morgan fingerprint density at radius 1 is 1.15 bits per heavy atom. The summed E-state index contributed by atoms with van der Waals surface area (Å²) in [6.07, 6.45) is -0.527. The molecule has 138 valence electrons. The Morgan fingerprint density at radius 2 is 1.85 bits per heavy atom. The molecule has 2 aromatic rings. The molecular weight excluding hydrogens is 416 g/mol. The minimum absolute atomic E-state index is 0.0104. The second-order valence-corrected chi connectivity index (χ2v) is 7.72. The van der Waals surface area contributed by atoms with Gasteiger partial charge in [0.25, 0.3) is 5.91 Å². The van der Waals surface area contributed by atoms with Gasteiger partial charge in [-0.3, -0.25) is 4.79 Å². The zero-order valence-corrected chi connectivity index (χ0v) is 17.3. The molecule has 1 aliphatic heterocycles. The summed E-state index contributed by atoms with van der Waals surface area (Å²) in [6, 6.07) is 13.7. The Morgan fingerprint density at radius 3 is 2.50 bits per heavy atom. The van der Waals surface area contributed by atoms with E-state index in [1.807, 2.05) is 54.3 Å². The van der Waals surface area contributed by atoms with Gasteiger partial charge in [-0.15, -0.1) is 0 Å². The third-order valence-electron chi connectivity index (χ3n) is 4.52. The summed E-state index contributed by atoms with van der Waals surface area (Å²) in [4.78, 5) is 16.8. The van der Waals surface area contributed by atoms with Crippen LogP contribution in [0.3, 0.4) is 0 Å². The van der Waals surface area contributed by atoms with Crippen LogP contribution in [0.15, 0.2) is 46.9 Å². The van der Waals surface area contributed by atoms with Crippen LogP contribution < -0.4 is 9.64 Å². The second kappa shape index (κ2) is 8.31. The predicted molar refractivity (Wildman–Crippen MR) is 109 cm³/mol. The minimum atomic E-state index is -0.527. The molecule has 0 radical (unpaired) electrons. The number of para-hydroxylation sites is 1. The van der Waals surface area contributed by atoms with Crippen LogP contribution in [0.5, 0.6) is 5.75 Å². The number of benzene rings is 2. The fraction of sp³-hybridized carbons (Fsp3) is 0.350. The highest BCUT2D eigenvalue weighted by Gasteiger charge is 2.27. The van der Waals surface area contributed by atoms with Gasteiger partial charge >= 0.3 is 0 Å². The van der Waals surface area contributed by atoms with E-state index in [4.69, 9.17) is 16.3 Å². The van der Waals surface area contributed by atoms with Crippen LogP contribution in [-0.2, 0) is 4.79 Å². The van der Waals surface area contributed by atoms with Crippen molar-refractivity contribution in [1.82, 2.24) is 4.90 Å². The first-order valence-corrected chi connectivity index (χ1v) is 9.84. The van der Waals surface area contributed by atoms with E-state index >= 15 is 0 Å². The maximum absolute atomic E-state index is 12.7. The van der Waals surface area contributed by atoms with Crippen molar-refractivity contribution >= 4 is 39.1 Å². The first kappa shape index (κ1) is 19.1. The first-order valence-electron chi connectivity index (χ1n) is 8.67. The van der Waals surface area contributed by atoms with Crippen molar-refractivity contribution < 1.29 is 9.53 Å². The van der Waals surface area contributed by atoms with Crippen LogP contribution in [0.25, 0.3) is 0 Å². The summed E-state index contributed by atoms with van der Waals surface area (Å²) in [5.74, 6) is 0.697. The van der Waals surface area contributed by atoms with Gasteiger partial charge in [-0.05, 0) is 59.6 Å². The van der Waals surface area contributed by atoms with Gasteiger partial charge in [-0.1, -0.05) is 29.8 Å². The normalized spacial score (nSPS) is 15.7. The second-order valence-electron chi connectivity index (χ2n) is 6.46. The molecule has 2 aromatic carbocycles. The van der Waals surface area contributed by atoms with Crippen LogP contribution >= 0.6 is 27.5 Å². The van der Waals surface area contributed by atoms with Gasteiger partial charge in [-0.25, -0.2) is 0 Å². The molecule has 1 heterocycles. The standard InChI is InChI=1S/C20H22BrClN2O2/c1-14-7-8-19(16(21)13-14)26-15(2)20(25)24-11-9-23(10-12-24)18-6-4-3-5-17(18)22/h3-8,13,15H,9-12H2,1-2H3. The summed E-state index contributed by atoms with van der Waals surface area (Å²) in [7, 11) is 0. The summed E-state index contributed by atoms with van der Waals surface area (Å²) in [5.41, 5.74) is 2.16. The average molecular weight is 438 g/mol. The third-order valence-corrected chi connectivity index (χ3v) is 5.46. The molecule has 1 atom stereocenters. The van der Waals surface area contributed by atoms with Gasteiger partial charge in [0, 0.05) is 26.2 Å². The molecule has 1 aliphatic rings. The van der Waals surface area contributed by atoms with E-state index < -0.39 is 6.10 Å². The number of carbonyl (C=O) groups is 1. The molecule has 26 heavy (non-hydrogen) atoms. The predicted octanol–water partition coefficient (Wildman–Crippen LogP) is 4.53. The lowest BCUT2D eigenvalue weighted by Crippen LogP contribution is -2.52. The van der Waals surface area contributed by atoms with Crippen LogP contribution in [-0.4, -0.2) is 43.1 Å². The average Bonchev–Trinajstić information content (AvgIpc) is 2.64. The highest BCUT2D eigenvalue weighted by molar-refractivity contribution is 9.10. The zero-order valence-electron chi connectivity index (χ0n) is 14.9. The Balaban J connectivity index is 1.58. The monoisotopic (exact) mass is 436 g/mol. The third kappa shape index (κ3) is 4.33. The molecule has 0 bridgehead atoms. The van der Waals surface area contributed by atoms with E-state index in [1.165, 1.54) is 0 Å². The summed E-state index contributed by atoms with van der Waals surface area (Å²) in [5, 5.41) is 0.744. The highest BCUT2D eigenvalue weighted by atomic mass is 79.9. The zero-order chi connectivity index (χ0) is 18.7. The Kier molecular flexibility index (Phi) is 6.09. The first-order chi connectivity index (χ1) is 12.5. The van der Waals surface area contributed by atoms with Gasteiger partial charge in [0.2, 0.25) is 0 Å². The van der Waals surface area contributed by atoms with Crippen molar-refractivity contribution in [2.75, 3.05) is 31.1 Å². The molecule has 6 heteroatoms. The Bertz CT molecular complexity index is 791. The van der Waals surface area contributed by atoms with Crippen LogP contribution in [0.1, 0.15) is 12.5 Å². The van der Waals surface area contributed by atoms with Gasteiger partial charge < -0.3 is 14.5 Å². The quantitative estimate of drug-likeness (QED) is 0.705. The lowest BCUT2D eigenvalue weighted by atomic mass is 10.2. The number of anilines is 1. The molecule has 0 spiro atoms. The molecule has 0 aromatic heterocycles. The Labute approximate surface area is 167 Å². The minimum Gasteiger partial charge on any atom is -0.480 e. The largest absolute Gasteiger partial charge is 0.480 e. The number of carbonyl (C=O) groups excluding carboxylic acids is 1. The molecule has 3 rings (SSSR count). The van der Waals surface area contributed by atoms with Crippen molar-refractivity contribution in [2.45, 2.75) is 20.0 Å². The topological polar surface area (TPSA) is 32.8 Å². The van der Waals surface area contributed by atoms with Crippen molar-refractivity contribution in [3.63, 3.8) is 0 Å². The fourth-order valence-electron chi connectivity index (χ4n) is 3.08. The van der Waals surface area contributed by atoms with Crippen LogP contribution in [0.2, 0.25) is 5.02 Å². The lowest BCUT2D eigenvalue weighted by molar-refractivity contribution is -0.138. The number of aryl methyl sites for hydroxylation is 1. The molecule has 0 N–H and O–H groups in total. The van der Waals surface area contributed by atoms with Crippen molar-refractivity contribution in [2.24, 2.45) is 0 Å². The fourth-order valence-corrected chi connectivity index (χ4v) is 3.92. The van der Waals surface area contributed by atoms with Crippen molar-refractivity contribution in [3.05, 3.63) is 57.5 Å². The van der Waals surface area contributed by atoms with Crippen LogP contribution in [0.4, 0.5) is 5.69 Å². The van der Waals surface area contributed by atoms with Crippen molar-refractivity contribution in [3.8, 4) is 5.75 Å². The molecule has 1 unspecified atom stereocenters. The van der Waals surface area contributed by atoms with Crippen molar-refractivity contribution in [1.29, 1.82) is 0 Å². The van der Waals surface area contributed by atoms with Gasteiger partial charge in [0.15, 0.2) is 6.10 Å². The molecular formula is C20H22BrClN2O2. The number of nitrogens with zero attached hydrogens (tertiary/aromatic N) is 2. The summed E-state index contributed by atoms with van der Waals surface area (Å²) in [6.45, 7) is 6.66. The smallest absolute Gasteiger partial charge is 0.263 e. The number of hydrogen-bond donors (Lipinski definition) is 0. The van der Waals surface area contributed by atoms with E-state index in [0.717, 1.165) is 33.8 Å².